The molecular weight excluding hydrogens is 757 g/mol. The van der Waals surface area contributed by atoms with Gasteiger partial charge in [-0.05, 0) is 38.5 Å². The molecule has 1 atom stereocenters. The molecule has 0 aromatic rings. The van der Waals surface area contributed by atoms with Crippen LogP contribution in [-0.2, 0) is 28.6 Å². The van der Waals surface area contributed by atoms with Crippen molar-refractivity contribution in [3.63, 3.8) is 0 Å². The van der Waals surface area contributed by atoms with Gasteiger partial charge in [-0.3, -0.25) is 14.4 Å². The minimum Gasteiger partial charge on any atom is -0.462 e. The average molecular weight is 857 g/mol. The lowest BCUT2D eigenvalue weighted by Crippen LogP contribution is -2.30. The second kappa shape index (κ2) is 50.3. The van der Waals surface area contributed by atoms with Gasteiger partial charge in [-0.15, -0.1) is 0 Å². The van der Waals surface area contributed by atoms with Crippen LogP contribution in [0.1, 0.15) is 278 Å². The zero-order valence-electron chi connectivity index (χ0n) is 40.7. The first kappa shape index (κ1) is 58.6. The molecule has 0 radical (unpaired) electrons. The van der Waals surface area contributed by atoms with E-state index in [1.54, 1.807) is 0 Å². The number of ether oxygens (including phenoxy) is 3. The van der Waals surface area contributed by atoms with Crippen LogP contribution in [0.25, 0.3) is 0 Å². The Labute approximate surface area is 378 Å². The fourth-order valence-electron chi connectivity index (χ4n) is 7.74. The Kier molecular flexibility index (Phi) is 48.3. The maximum atomic E-state index is 12.8. The van der Waals surface area contributed by atoms with Gasteiger partial charge in [0.25, 0.3) is 0 Å². The van der Waals surface area contributed by atoms with E-state index in [0.29, 0.717) is 19.3 Å². The molecule has 0 saturated carbocycles. The van der Waals surface area contributed by atoms with Crippen molar-refractivity contribution < 1.29 is 28.6 Å². The number of rotatable bonds is 48. The Bertz CT molecular complexity index is 1030. The zero-order valence-corrected chi connectivity index (χ0v) is 40.7. The summed E-state index contributed by atoms with van der Waals surface area (Å²) in [6, 6.07) is 0. The SMILES string of the molecule is CC\C=C/C=C\C=C/CCCCCCCCCC(=O)OCC(COC(=O)CCCCCCCCCCCCCCCC)OC(=O)CCCCCCCCCCCCCCCC. The van der Waals surface area contributed by atoms with Crippen molar-refractivity contribution >= 4 is 17.9 Å². The van der Waals surface area contributed by atoms with Crippen molar-refractivity contribution in [3.8, 4) is 0 Å². The highest BCUT2D eigenvalue weighted by Gasteiger charge is 2.19. The Morgan fingerprint density at radius 3 is 0.984 bits per heavy atom. The molecule has 0 spiro atoms. The number of carbonyl (C=O) groups is 3. The van der Waals surface area contributed by atoms with E-state index >= 15 is 0 Å². The monoisotopic (exact) mass is 857 g/mol. The van der Waals surface area contributed by atoms with Crippen LogP contribution in [0.4, 0.5) is 0 Å². The van der Waals surface area contributed by atoms with Gasteiger partial charge in [0, 0.05) is 19.3 Å². The van der Waals surface area contributed by atoms with Crippen LogP contribution < -0.4 is 0 Å². The van der Waals surface area contributed by atoms with E-state index in [1.165, 1.54) is 167 Å². The van der Waals surface area contributed by atoms with Crippen molar-refractivity contribution in [2.75, 3.05) is 13.2 Å². The fourth-order valence-corrected chi connectivity index (χ4v) is 7.74. The summed E-state index contributed by atoms with van der Waals surface area (Å²) < 4.78 is 16.8. The summed E-state index contributed by atoms with van der Waals surface area (Å²) in [5.41, 5.74) is 0. The summed E-state index contributed by atoms with van der Waals surface area (Å²) in [6.07, 6.45) is 58.4. The molecule has 0 aliphatic rings. The number of unbranched alkanes of at least 4 members (excludes halogenated alkanes) is 33. The van der Waals surface area contributed by atoms with Crippen molar-refractivity contribution in [1.29, 1.82) is 0 Å². The molecule has 61 heavy (non-hydrogen) atoms. The Balaban J connectivity index is 4.35. The first-order chi connectivity index (χ1) is 30.0. The standard InChI is InChI=1S/C55H100O6/c1-4-7-10-13-16-19-22-25-28-31-33-36-39-42-45-48-54(57)60-51-52(61-55(58)49-46-43-40-37-34-30-27-24-21-18-15-12-9-6-3)50-59-53(56)47-44-41-38-35-32-29-26-23-20-17-14-11-8-5-2/h7,10,13,16,19,22,52H,4-6,8-9,11-12,14-15,17-18,20-21,23-51H2,1-3H3/b10-7-,16-13-,22-19-. The van der Waals surface area contributed by atoms with Crippen molar-refractivity contribution in [2.24, 2.45) is 0 Å². The van der Waals surface area contributed by atoms with Gasteiger partial charge in [0.05, 0.1) is 0 Å². The first-order valence-electron chi connectivity index (χ1n) is 26.5. The molecule has 0 N–H and O–H groups in total. The molecule has 0 heterocycles. The van der Waals surface area contributed by atoms with Crippen molar-refractivity contribution in [1.82, 2.24) is 0 Å². The lowest BCUT2D eigenvalue weighted by molar-refractivity contribution is -0.167. The smallest absolute Gasteiger partial charge is 0.306 e. The van der Waals surface area contributed by atoms with Gasteiger partial charge in [0.2, 0.25) is 0 Å². The van der Waals surface area contributed by atoms with Crippen molar-refractivity contribution in [3.05, 3.63) is 36.5 Å². The quantitative estimate of drug-likeness (QED) is 0.0262. The maximum Gasteiger partial charge on any atom is 0.306 e. The van der Waals surface area contributed by atoms with E-state index in [0.717, 1.165) is 70.6 Å². The summed E-state index contributed by atoms with van der Waals surface area (Å²) in [4.78, 5) is 38.0. The summed E-state index contributed by atoms with van der Waals surface area (Å²) in [5.74, 6) is -0.870. The van der Waals surface area contributed by atoms with Crippen LogP contribution >= 0.6 is 0 Å². The van der Waals surface area contributed by atoms with Crippen LogP contribution in [0.3, 0.4) is 0 Å². The van der Waals surface area contributed by atoms with Gasteiger partial charge in [0.1, 0.15) is 13.2 Å². The van der Waals surface area contributed by atoms with Gasteiger partial charge in [-0.1, -0.05) is 256 Å². The minimum atomic E-state index is -0.771. The highest BCUT2D eigenvalue weighted by Crippen LogP contribution is 2.16. The minimum absolute atomic E-state index is 0.0714. The summed E-state index contributed by atoms with van der Waals surface area (Å²) >= 11 is 0. The van der Waals surface area contributed by atoms with E-state index in [4.69, 9.17) is 14.2 Å². The predicted octanol–water partition coefficient (Wildman–Crippen LogP) is 17.3. The third-order valence-corrected chi connectivity index (χ3v) is 11.7. The molecule has 6 heteroatoms. The highest BCUT2D eigenvalue weighted by atomic mass is 16.6. The molecule has 0 bridgehead atoms. The molecule has 0 aromatic heterocycles. The van der Waals surface area contributed by atoms with Crippen LogP contribution in [0.2, 0.25) is 0 Å². The van der Waals surface area contributed by atoms with Crippen molar-refractivity contribution in [2.45, 2.75) is 284 Å². The number of hydrogen-bond donors (Lipinski definition) is 0. The van der Waals surface area contributed by atoms with E-state index in [1.807, 2.05) is 0 Å². The lowest BCUT2D eigenvalue weighted by Gasteiger charge is -2.18. The van der Waals surface area contributed by atoms with Gasteiger partial charge in [0.15, 0.2) is 6.10 Å². The Hall–Kier alpha value is -2.37. The number of esters is 3. The lowest BCUT2D eigenvalue weighted by atomic mass is 10.0. The molecule has 1 unspecified atom stereocenters. The fraction of sp³-hybridized carbons (Fsp3) is 0.836. The maximum absolute atomic E-state index is 12.8. The second-order valence-corrected chi connectivity index (χ2v) is 17.8. The molecule has 6 nitrogen and oxygen atoms in total. The van der Waals surface area contributed by atoms with Crippen LogP contribution in [-0.4, -0.2) is 37.2 Å². The number of allylic oxidation sites excluding steroid dienone is 6. The van der Waals surface area contributed by atoms with Crippen LogP contribution in [0.5, 0.6) is 0 Å². The zero-order chi connectivity index (χ0) is 44.4. The Morgan fingerprint density at radius 2 is 0.639 bits per heavy atom. The number of hydrogen-bond acceptors (Lipinski definition) is 6. The van der Waals surface area contributed by atoms with E-state index in [2.05, 4.69) is 57.2 Å². The highest BCUT2D eigenvalue weighted by molar-refractivity contribution is 5.71. The average Bonchev–Trinajstić information content (AvgIpc) is 3.26. The first-order valence-corrected chi connectivity index (χ1v) is 26.5. The summed E-state index contributed by atoms with van der Waals surface area (Å²) in [7, 11) is 0. The summed E-state index contributed by atoms with van der Waals surface area (Å²) in [5, 5.41) is 0. The second-order valence-electron chi connectivity index (χ2n) is 17.8. The van der Waals surface area contributed by atoms with Gasteiger partial charge >= 0.3 is 17.9 Å². The van der Waals surface area contributed by atoms with Crippen LogP contribution in [0.15, 0.2) is 36.5 Å². The topological polar surface area (TPSA) is 78.9 Å². The normalized spacial score (nSPS) is 12.2. The van der Waals surface area contributed by atoms with Gasteiger partial charge < -0.3 is 14.2 Å². The van der Waals surface area contributed by atoms with E-state index in [9.17, 15) is 14.4 Å². The largest absolute Gasteiger partial charge is 0.462 e. The van der Waals surface area contributed by atoms with Gasteiger partial charge in [-0.25, -0.2) is 0 Å². The molecule has 0 aromatic carbocycles. The van der Waals surface area contributed by atoms with Gasteiger partial charge in [-0.2, -0.15) is 0 Å². The molecule has 0 aliphatic heterocycles. The third kappa shape index (κ3) is 48.5. The molecule has 0 rings (SSSR count). The van der Waals surface area contributed by atoms with E-state index in [-0.39, 0.29) is 31.1 Å². The molecule has 0 fully saturated rings. The summed E-state index contributed by atoms with van der Waals surface area (Å²) in [6.45, 7) is 6.53. The van der Waals surface area contributed by atoms with E-state index < -0.39 is 6.10 Å². The Morgan fingerprint density at radius 1 is 0.344 bits per heavy atom. The third-order valence-electron chi connectivity index (χ3n) is 11.7. The molecule has 0 amide bonds. The predicted molar refractivity (Wildman–Crippen MR) is 261 cm³/mol. The molecular formula is C55H100O6. The molecule has 0 saturated heterocycles. The molecule has 0 aliphatic carbocycles. The van der Waals surface area contributed by atoms with Crippen LogP contribution in [0, 0.1) is 0 Å². The number of carbonyl (C=O) groups excluding carboxylic acids is 3. The molecule has 356 valence electrons.